The van der Waals surface area contributed by atoms with Crippen molar-refractivity contribution in [1.82, 2.24) is 0 Å². The maximum Gasteiger partial charge on any atom is -0.0165 e. The van der Waals surface area contributed by atoms with Gasteiger partial charge in [-0.2, -0.15) is 0 Å². The molecule has 1 heteroatoms. The van der Waals surface area contributed by atoms with Crippen LogP contribution in [0, 0.1) is 0 Å². The van der Waals surface area contributed by atoms with Gasteiger partial charge in [0.05, 0.1) is 0 Å². The fraction of sp³-hybridized carbons (Fsp3) is 0.778. The first kappa shape index (κ1) is 10.5. The molecule has 0 aliphatic rings. The Morgan fingerprint density at radius 1 is 1.30 bits per heavy atom. The highest BCUT2D eigenvalue weighted by Gasteiger charge is 1.84. The Bertz CT molecular complexity index is 90.9. The van der Waals surface area contributed by atoms with Crippen LogP contribution < -0.4 is 0 Å². The van der Waals surface area contributed by atoms with E-state index in [9.17, 15) is 0 Å². The molecule has 0 spiro atoms. The molecule has 0 atom stereocenters. The van der Waals surface area contributed by atoms with Crippen LogP contribution in [0.25, 0.3) is 0 Å². The highest BCUT2D eigenvalue weighted by Crippen LogP contribution is 2.08. The quantitative estimate of drug-likeness (QED) is 0.505. The zero-order valence-electron chi connectivity index (χ0n) is 6.99. The van der Waals surface area contributed by atoms with Gasteiger partial charge in [0.2, 0.25) is 0 Å². The maximum atomic E-state index is 2.36. The van der Waals surface area contributed by atoms with Gasteiger partial charge in [-0.05, 0) is 45.9 Å². The second-order valence-electron chi connectivity index (χ2n) is 2.64. The minimum Gasteiger partial charge on any atom is -0.0755 e. The first-order valence-electron chi connectivity index (χ1n) is 4.09. The molecule has 0 saturated carbocycles. The second-order valence-corrected chi connectivity index (χ2v) is 4.34. The summed E-state index contributed by atoms with van der Waals surface area (Å²) in [7, 11) is 0. The van der Waals surface area contributed by atoms with E-state index in [2.05, 4.69) is 42.5 Å². The van der Waals surface area contributed by atoms with Crippen molar-refractivity contribution in [3.05, 3.63) is 9.66 Å². The molecule has 0 bridgehead atoms. The van der Waals surface area contributed by atoms with E-state index in [0.717, 1.165) is 0 Å². The fourth-order valence-electron chi connectivity index (χ4n) is 0.872. The van der Waals surface area contributed by atoms with E-state index in [0.29, 0.717) is 0 Å². The summed E-state index contributed by atoms with van der Waals surface area (Å²) in [5.41, 5.74) is 0. The van der Waals surface area contributed by atoms with Gasteiger partial charge >= 0.3 is 0 Å². The molecule has 0 fully saturated rings. The van der Waals surface area contributed by atoms with Gasteiger partial charge in [0.15, 0.2) is 0 Å². The summed E-state index contributed by atoms with van der Waals surface area (Å²) < 4.78 is 1.43. The molecule has 0 aromatic heterocycles. The zero-order chi connectivity index (χ0) is 7.82. The van der Waals surface area contributed by atoms with E-state index < -0.39 is 0 Å². The lowest BCUT2D eigenvalue weighted by atomic mass is 10.1. The predicted molar refractivity (Wildman–Crippen MR) is 56.5 cm³/mol. The number of hydrogen-bond donors (Lipinski definition) is 0. The largest absolute Gasteiger partial charge is 0.0755 e. The standard InChI is InChI=1S/C9H17I/c1-3-4-5-6-7-8-9(2)10/h8H,3-7H2,1-2H3. The van der Waals surface area contributed by atoms with Crippen LogP contribution >= 0.6 is 22.6 Å². The third-order valence-corrected chi connectivity index (χ3v) is 1.92. The molecule has 0 aliphatic heterocycles. The summed E-state index contributed by atoms with van der Waals surface area (Å²) >= 11 is 2.36. The third-order valence-electron chi connectivity index (χ3n) is 1.48. The molecule has 0 rings (SSSR count). The van der Waals surface area contributed by atoms with Crippen molar-refractivity contribution in [3.63, 3.8) is 0 Å². The van der Waals surface area contributed by atoms with Crippen LogP contribution in [0.5, 0.6) is 0 Å². The van der Waals surface area contributed by atoms with Gasteiger partial charge in [0.25, 0.3) is 0 Å². The number of rotatable bonds is 5. The average molecular weight is 252 g/mol. The summed E-state index contributed by atoms with van der Waals surface area (Å²) in [6.07, 6.45) is 9.09. The highest BCUT2D eigenvalue weighted by molar-refractivity contribution is 14.1. The molecule has 0 saturated heterocycles. The molecule has 0 unspecified atom stereocenters. The average Bonchev–Trinajstić information content (AvgIpc) is 1.87. The normalized spacial score (nSPS) is 12.1. The Morgan fingerprint density at radius 3 is 2.50 bits per heavy atom. The lowest BCUT2D eigenvalue weighted by Crippen LogP contribution is -1.73. The minimum absolute atomic E-state index is 1.27. The molecule has 0 nitrogen and oxygen atoms in total. The van der Waals surface area contributed by atoms with Crippen molar-refractivity contribution in [1.29, 1.82) is 0 Å². The van der Waals surface area contributed by atoms with E-state index in [1.807, 2.05) is 0 Å². The van der Waals surface area contributed by atoms with Crippen molar-refractivity contribution in [2.45, 2.75) is 46.0 Å². The number of halogens is 1. The van der Waals surface area contributed by atoms with Crippen LogP contribution in [-0.4, -0.2) is 0 Å². The van der Waals surface area contributed by atoms with Gasteiger partial charge in [-0.15, -0.1) is 0 Å². The van der Waals surface area contributed by atoms with E-state index in [1.54, 1.807) is 0 Å². The summed E-state index contributed by atoms with van der Waals surface area (Å²) in [5, 5.41) is 0. The van der Waals surface area contributed by atoms with Gasteiger partial charge in [0, 0.05) is 0 Å². The van der Waals surface area contributed by atoms with Crippen molar-refractivity contribution >= 4 is 22.6 Å². The number of unbranched alkanes of at least 4 members (excludes halogenated alkanes) is 4. The smallest absolute Gasteiger partial charge is 0.0165 e. The fourth-order valence-corrected chi connectivity index (χ4v) is 1.18. The molecule has 10 heavy (non-hydrogen) atoms. The van der Waals surface area contributed by atoms with Crippen LogP contribution in [0.1, 0.15) is 46.0 Å². The molecule has 0 amide bonds. The van der Waals surface area contributed by atoms with Crippen molar-refractivity contribution in [3.8, 4) is 0 Å². The van der Waals surface area contributed by atoms with Crippen LogP contribution in [-0.2, 0) is 0 Å². The molecule has 0 aromatic rings. The minimum atomic E-state index is 1.27. The number of allylic oxidation sites excluding steroid dienone is 2. The van der Waals surface area contributed by atoms with Gasteiger partial charge in [-0.25, -0.2) is 0 Å². The number of hydrogen-bond acceptors (Lipinski definition) is 0. The van der Waals surface area contributed by atoms with Gasteiger partial charge in [0.1, 0.15) is 0 Å². The zero-order valence-corrected chi connectivity index (χ0v) is 9.15. The Hall–Kier alpha value is 0.470. The van der Waals surface area contributed by atoms with Crippen LogP contribution in [0.2, 0.25) is 0 Å². The summed E-state index contributed by atoms with van der Waals surface area (Å²) in [6, 6.07) is 0. The Labute approximate surface area is 78.2 Å². The van der Waals surface area contributed by atoms with Crippen LogP contribution in [0.4, 0.5) is 0 Å². The van der Waals surface area contributed by atoms with Crippen LogP contribution in [0.3, 0.4) is 0 Å². The molecule has 60 valence electrons. The second kappa shape index (κ2) is 7.58. The highest BCUT2D eigenvalue weighted by atomic mass is 127. The summed E-state index contributed by atoms with van der Waals surface area (Å²) in [4.78, 5) is 0. The Kier molecular flexibility index (Phi) is 7.93. The lowest BCUT2D eigenvalue weighted by molar-refractivity contribution is 0.674. The van der Waals surface area contributed by atoms with Crippen molar-refractivity contribution in [2.24, 2.45) is 0 Å². The Balaban J connectivity index is 2.98. The van der Waals surface area contributed by atoms with E-state index in [4.69, 9.17) is 0 Å². The summed E-state index contributed by atoms with van der Waals surface area (Å²) in [5.74, 6) is 0. The van der Waals surface area contributed by atoms with Gasteiger partial charge < -0.3 is 0 Å². The lowest BCUT2D eigenvalue weighted by Gasteiger charge is -1.94. The maximum absolute atomic E-state index is 2.36. The summed E-state index contributed by atoms with van der Waals surface area (Å²) in [6.45, 7) is 4.40. The SMILES string of the molecule is CCCCCCC=C(C)I. The molecular weight excluding hydrogens is 235 g/mol. The van der Waals surface area contributed by atoms with Crippen molar-refractivity contribution in [2.75, 3.05) is 0 Å². The van der Waals surface area contributed by atoms with Gasteiger partial charge in [-0.1, -0.05) is 32.3 Å². The third kappa shape index (κ3) is 8.47. The first-order chi connectivity index (χ1) is 4.77. The predicted octanol–water partition coefficient (Wildman–Crippen LogP) is 4.30. The van der Waals surface area contributed by atoms with E-state index in [-0.39, 0.29) is 0 Å². The van der Waals surface area contributed by atoms with E-state index in [1.165, 1.54) is 35.7 Å². The first-order valence-corrected chi connectivity index (χ1v) is 5.17. The Morgan fingerprint density at radius 2 is 2.00 bits per heavy atom. The molecule has 0 heterocycles. The molecule has 0 N–H and O–H groups in total. The molecule has 0 aromatic carbocycles. The molecular formula is C9H17I. The molecule has 0 aliphatic carbocycles. The topological polar surface area (TPSA) is 0 Å². The van der Waals surface area contributed by atoms with Crippen LogP contribution in [0.15, 0.2) is 9.66 Å². The van der Waals surface area contributed by atoms with Crippen molar-refractivity contribution < 1.29 is 0 Å². The molecule has 0 radical (unpaired) electrons. The van der Waals surface area contributed by atoms with E-state index >= 15 is 0 Å². The monoisotopic (exact) mass is 252 g/mol. The van der Waals surface area contributed by atoms with Gasteiger partial charge in [-0.3, -0.25) is 0 Å².